The van der Waals surface area contributed by atoms with E-state index < -0.39 is 6.03 Å². The van der Waals surface area contributed by atoms with Crippen LogP contribution in [0, 0.1) is 0 Å². The van der Waals surface area contributed by atoms with Gasteiger partial charge in [0.05, 0.1) is 17.8 Å². The Bertz CT molecular complexity index is 519. The molecule has 0 aliphatic rings. The minimum absolute atomic E-state index is 0.0378. The topological polar surface area (TPSA) is 80.3 Å². The first-order chi connectivity index (χ1) is 7.74. The van der Waals surface area contributed by atoms with E-state index in [4.69, 9.17) is 10.8 Å². The molecule has 2 rings (SSSR count). The fourth-order valence-corrected chi connectivity index (χ4v) is 1.69. The minimum atomic E-state index is -0.520. The number of hydrogen-bond acceptors (Lipinski definition) is 3. The van der Waals surface area contributed by atoms with E-state index in [1.54, 1.807) is 6.20 Å². The predicted octanol–water partition coefficient (Wildman–Crippen LogP) is 0.972. The summed E-state index contributed by atoms with van der Waals surface area (Å²) in [6, 6.07) is 6.93. The molecule has 16 heavy (non-hydrogen) atoms. The van der Waals surface area contributed by atoms with Crippen molar-refractivity contribution in [3.63, 3.8) is 0 Å². The van der Waals surface area contributed by atoms with Crippen LogP contribution >= 0.6 is 0 Å². The Kier molecular flexibility index (Phi) is 2.78. The lowest BCUT2D eigenvalue weighted by Crippen LogP contribution is -2.18. The summed E-state index contributed by atoms with van der Waals surface area (Å²) in [6.07, 6.45) is 1.64. The molecule has 0 fully saturated rings. The van der Waals surface area contributed by atoms with Crippen LogP contribution in [0.5, 0.6) is 0 Å². The molecule has 0 saturated carbocycles. The fourth-order valence-electron chi connectivity index (χ4n) is 1.69. The highest BCUT2D eigenvalue weighted by Gasteiger charge is 2.09. The number of anilines is 1. The van der Waals surface area contributed by atoms with Gasteiger partial charge in [0.1, 0.15) is 0 Å². The van der Waals surface area contributed by atoms with Crippen molar-refractivity contribution in [1.82, 2.24) is 4.57 Å². The standard InChI is InChI=1S/C11H13N3O2/c12-11(16)14-7-9(13-5-6-15)8-3-1-2-4-10(8)14/h1-4,7,13,15H,5-6H2,(H2,12,16). The maximum atomic E-state index is 11.2. The molecule has 1 aromatic heterocycles. The summed E-state index contributed by atoms with van der Waals surface area (Å²) in [5.41, 5.74) is 6.82. The number of benzene rings is 1. The lowest BCUT2D eigenvalue weighted by Gasteiger charge is -2.00. The third-order valence-electron chi connectivity index (χ3n) is 2.38. The van der Waals surface area contributed by atoms with E-state index in [0.29, 0.717) is 6.54 Å². The quantitative estimate of drug-likeness (QED) is 0.719. The van der Waals surface area contributed by atoms with Crippen LogP contribution in [-0.4, -0.2) is 28.9 Å². The van der Waals surface area contributed by atoms with Gasteiger partial charge in [-0.25, -0.2) is 4.79 Å². The zero-order chi connectivity index (χ0) is 11.5. The van der Waals surface area contributed by atoms with E-state index in [9.17, 15) is 4.79 Å². The van der Waals surface area contributed by atoms with Crippen molar-refractivity contribution in [3.8, 4) is 0 Å². The maximum absolute atomic E-state index is 11.2. The number of carbonyl (C=O) groups is 1. The molecule has 0 aliphatic carbocycles. The van der Waals surface area contributed by atoms with Crippen LogP contribution in [0.15, 0.2) is 30.5 Å². The van der Waals surface area contributed by atoms with Crippen molar-refractivity contribution in [2.45, 2.75) is 0 Å². The number of para-hydroxylation sites is 1. The molecule has 5 nitrogen and oxygen atoms in total. The van der Waals surface area contributed by atoms with Gasteiger partial charge in [-0.1, -0.05) is 18.2 Å². The Balaban J connectivity index is 2.53. The lowest BCUT2D eigenvalue weighted by molar-refractivity contribution is 0.251. The van der Waals surface area contributed by atoms with Gasteiger partial charge in [-0.15, -0.1) is 0 Å². The fraction of sp³-hybridized carbons (Fsp3) is 0.182. The smallest absolute Gasteiger partial charge is 0.323 e. The van der Waals surface area contributed by atoms with Gasteiger partial charge in [0, 0.05) is 18.1 Å². The molecule has 0 saturated heterocycles. The van der Waals surface area contributed by atoms with Crippen LogP contribution in [0.2, 0.25) is 0 Å². The zero-order valence-electron chi connectivity index (χ0n) is 8.68. The second-order valence-corrected chi connectivity index (χ2v) is 3.42. The first-order valence-corrected chi connectivity index (χ1v) is 4.98. The average Bonchev–Trinajstić information content (AvgIpc) is 2.65. The number of aliphatic hydroxyl groups excluding tert-OH is 1. The van der Waals surface area contributed by atoms with E-state index in [0.717, 1.165) is 16.6 Å². The zero-order valence-corrected chi connectivity index (χ0v) is 8.68. The molecule has 0 radical (unpaired) electrons. The number of amides is 1. The van der Waals surface area contributed by atoms with Gasteiger partial charge in [0.15, 0.2) is 0 Å². The molecule has 1 aromatic carbocycles. The second kappa shape index (κ2) is 4.24. The molecule has 0 bridgehead atoms. The summed E-state index contributed by atoms with van der Waals surface area (Å²) in [6.45, 7) is 0.475. The molecular formula is C11H13N3O2. The summed E-state index contributed by atoms with van der Waals surface area (Å²) in [4.78, 5) is 11.2. The Morgan fingerprint density at radius 1 is 1.44 bits per heavy atom. The molecular weight excluding hydrogens is 206 g/mol. The van der Waals surface area contributed by atoms with E-state index in [2.05, 4.69) is 5.32 Å². The summed E-state index contributed by atoms with van der Waals surface area (Å²) in [5.74, 6) is 0. The highest BCUT2D eigenvalue weighted by molar-refractivity contribution is 5.99. The Morgan fingerprint density at radius 3 is 2.88 bits per heavy atom. The number of aromatic nitrogens is 1. The van der Waals surface area contributed by atoms with E-state index in [1.807, 2.05) is 24.3 Å². The summed E-state index contributed by atoms with van der Waals surface area (Å²) in [7, 11) is 0. The van der Waals surface area contributed by atoms with Crippen molar-refractivity contribution < 1.29 is 9.90 Å². The van der Waals surface area contributed by atoms with Crippen LogP contribution < -0.4 is 11.1 Å². The maximum Gasteiger partial charge on any atom is 0.323 e. The average molecular weight is 219 g/mol. The number of rotatable bonds is 3. The summed E-state index contributed by atoms with van der Waals surface area (Å²) < 4.78 is 1.38. The molecule has 0 aliphatic heterocycles. The number of hydrogen-bond donors (Lipinski definition) is 3. The van der Waals surface area contributed by atoms with Gasteiger partial charge in [-0.3, -0.25) is 4.57 Å². The molecule has 1 heterocycles. The lowest BCUT2D eigenvalue weighted by atomic mass is 10.2. The summed E-state index contributed by atoms with van der Waals surface area (Å²) in [5, 5.41) is 12.7. The number of aliphatic hydroxyl groups is 1. The normalized spacial score (nSPS) is 10.6. The van der Waals surface area contributed by atoms with Crippen LogP contribution in [0.1, 0.15) is 0 Å². The monoisotopic (exact) mass is 219 g/mol. The molecule has 2 aromatic rings. The van der Waals surface area contributed by atoms with E-state index in [1.165, 1.54) is 4.57 Å². The predicted molar refractivity (Wildman–Crippen MR) is 62.5 cm³/mol. The molecule has 4 N–H and O–H groups in total. The van der Waals surface area contributed by atoms with E-state index >= 15 is 0 Å². The third kappa shape index (κ3) is 1.72. The minimum Gasteiger partial charge on any atom is -0.395 e. The van der Waals surface area contributed by atoms with Crippen LogP contribution in [0.3, 0.4) is 0 Å². The number of nitrogens with one attached hydrogen (secondary N) is 1. The SMILES string of the molecule is NC(=O)n1cc(NCCO)c2ccccc21. The highest BCUT2D eigenvalue weighted by atomic mass is 16.3. The van der Waals surface area contributed by atoms with Gasteiger partial charge < -0.3 is 16.2 Å². The van der Waals surface area contributed by atoms with Gasteiger partial charge >= 0.3 is 6.03 Å². The molecule has 0 unspecified atom stereocenters. The van der Waals surface area contributed by atoms with Crippen molar-refractivity contribution in [3.05, 3.63) is 30.5 Å². The van der Waals surface area contributed by atoms with Gasteiger partial charge in [0.25, 0.3) is 0 Å². The van der Waals surface area contributed by atoms with Gasteiger partial charge in [0.2, 0.25) is 0 Å². The van der Waals surface area contributed by atoms with Crippen LogP contribution in [-0.2, 0) is 0 Å². The second-order valence-electron chi connectivity index (χ2n) is 3.42. The Morgan fingerprint density at radius 2 is 2.19 bits per heavy atom. The number of carbonyl (C=O) groups excluding carboxylic acids is 1. The molecule has 0 spiro atoms. The molecule has 84 valence electrons. The van der Waals surface area contributed by atoms with Crippen LogP contribution in [0.25, 0.3) is 10.9 Å². The number of fused-ring (bicyclic) bond motifs is 1. The molecule has 1 amide bonds. The molecule has 0 atom stereocenters. The van der Waals surface area contributed by atoms with Gasteiger partial charge in [-0.05, 0) is 6.07 Å². The van der Waals surface area contributed by atoms with Crippen LogP contribution in [0.4, 0.5) is 10.5 Å². The first kappa shape index (κ1) is 10.5. The van der Waals surface area contributed by atoms with Crippen molar-refractivity contribution >= 4 is 22.6 Å². The third-order valence-corrected chi connectivity index (χ3v) is 2.38. The van der Waals surface area contributed by atoms with Crippen molar-refractivity contribution in [2.75, 3.05) is 18.5 Å². The van der Waals surface area contributed by atoms with Gasteiger partial charge in [-0.2, -0.15) is 0 Å². The summed E-state index contributed by atoms with van der Waals surface area (Å²) >= 11 is 0. The Labute approximate surface area is 92.5 Å². The Hall–Kier alpha value is -2.01. The van der Waals surface area contributed by atoms with Crippen molar-refractivity contribution in [2.24, 2.45) is 5.73 Å². The largest absolute Gasteiger partial charge is 0.395 e. The highest BCUT2D eigenvalue weighted by Crippen LogP contribution is 2.25. The van der Waals surface area contributed by atoms with Crippen molar-refractivity contribution in [1.29, 1.82) is 0 Å². The molecule has 5 heteroatoms. The number of nitrogens with zero attached hydrogens (tertiary/aromatic N) is 1. The number of primary amides is 1. The van der Waals surface area contributed by atoms with E-state index in [-0.39, 0.29) is 6.61 Å². The number of nitrogens with two attached hydrogens (primary N) is 1. The first-order valence-electron chi connectivity index (χ1n) is 4.98.